The number of hydroxylamine groups is 1. The van der Waals surface area contributed by atoms with E-state index in [2.05, 4.69) is 0 Å². The van der Waals surface area contributed by atoms with Gasteiger partial charge in [-0.15, -0.1) is 0 Å². The van der Waals surface area contributed by atoms with Gasteiger partial charge in [0.25, 0.3) is 10.0 Å². The summed E-state index contributed by atoms with van der Waals surface area (Å²) in [6.07, 6.45) is 1.58. The molecule has 2 N–H and O–H groups in total. The number of nitrogens with two attached hydrogens (primary N) is 1. The molecule has 0 unspecified atom stereocenters. The highest BCUT2D eigenvalue weighted by atomic mass is 32.2. The molecule has 0 amide bonds. The topological polar surface area (TPSA) is 72.6 Å². The number of nitrogen functional groups attached to an aromatic ring is 1. The van der Waals surface area contributed by atoms with Crippen LogP contribution in [-0.2, 0) is 14.9 Å². The summed E-state index contributed by atoms with van der Waals surface area (Å²) in [6, 6.07) is 3.31. The molecule has 0 spiro atoms. The third-order valence-electron chi connectivity index (χ3n) is 2.50. The van der Waals surface area contributed by atoms with Crippen molar-refractivity contribution in [3.8, 4) is 0 Å². The van der Waals surface area contributed by atoms with E-state index in [1.54, 1.807) is 0 Å². The normalized spacial score (nSPS) is 18.2. The number of hydrogen-bond donors (Lipinski definition) is 1. The molecule has 7 heteroatoms. The fourth-order valence-electron chi connectivity index (χ4n) is 1.56. The molecule has 0 atom stereocenters. The van der Waals surface area contributed by atoms with Crippen LogP contribution in [0.5, 0.6) is 0 Å². The molecule has 17 heavy (non-hydrogen) atoms. The molecule has 94 valence electrons. The van der Waals surface area contributed by atoms with Crippen LogP contribution in [-0.4, -0.2) is 26.0 Å². The minimum absolute atomic E-state index is 0.0571. The predicted octanol–water partition coefficient (Wildman–Crippen LogP) is 1.12. The number of nitrogens with zero attached hydrogens (tertiary/aromatic N) is 1. The molecule has 0 aliphatic carbocycles. The smallest absolute Gasteiger partial charge is 0.265 e. The Morgan fingerprint density at radius 1 is 1.35 bits per heavy atom. The second-order valence-corrected chi connectivity index (χ2v) is 5.58. The first-order valence-corrected chi connectivity index (χ1v) is 6.66. The van der Waals surface area contributed by atoms with E-state index >= 15 is 0 Å². The molecule has 1 aromatic carbocycles. The molecule has 1 aliphatic rings. The Morgan fingerprint density at radius 2 is 2.12 bits per heavy atom. The van der Waals surface area contributed by atoms with Gasteiger partial charge in [-0.25, -0.2) is 12.8 Å². The Labute approximate surface area is 99.0 Å². The largest absolute Gasteiger partial charge is 0.396 e. The van der Waals surface area contributed by atoms with Crippen LogP contribution in [0.15, 0.2) is 23.1 Å². The average molecular weight is 260 g/mol. The molecule has 2 rings (SSSR count). The Hall–Kier alpha value is -1.18. The van der Waals surface area contributed by atoms with Crippen LogP contribution in [0.3, 0.4) is 0 Å². The van der Waals surface area contributed by atoms with Crippen molar-refractivity contribution in [1.82, 2.24) is 4.47 Å². The van der Waals surface area contributed by atoms with E-state index in [0.29, 0.717) is 13.2 Å². The summed E-state index contributed by atoms with van der Waals surface area (Å²) in [6.45, 7) is 0.676. The van der Waals surface area contributed by atoms with Gasteiger partial charge in [0.1, 0.15) is 5.82 Å². The zero-order valence-corrected chi connectivity index (χ0v) is 9.91. The Balaban J connectivity index is 2.33. The summed E-state index contributed by atoms with van der Waals surface area (Å²) in [5.41, 5.74) is 5.16. The first-order valence-electron chi connectivity index (χ1n) is 5.22. The number of anilines is 1. The fraction of sp³-hybridized carbons (Fsp3) is 0.400. The van der Waals surface area contributed by atoms with E-state index in [4.69, 9.17) is 10.6 Å². The van der Waals surface area contributed by atoms with Crippen molar-refractivity contribution in [2.75, 3.05) is 18.9 Å². The number of benzene rings is 1. The molecule has 0 aromatic heterocycles. The lowest BCUT2D eigenvalue weighted by molar-refractivity contribution is -0.108. The van der Waals surface area contributed by atoms with Gasteiger partial charge < -0.3 is 5.73 Å². The first kappa shape index (κ1) is 12.3. The van der Waals surface area contributed by atoms with E-state index in [0.717, 1.165) is 29.4 Å². The van der Waals surface area contributed by atoms with E-state index in [1.807, 2.05) is 0 Å². The lowest BCUT2D eigenvalue weighted by Gasteiger charge is -2.25. The van der Waals surface area contributed by atoms with E-state index in [1.165, 1.54) is 6.07 Å². The molecular formula is C10H13FN2O3S. The van der Waals surface area contributed by atoms with Crippen LogP contribution >= 0.6 is 0 Å². The summed E-state index contributed by atoms with van der Waals surface area (Å²) < 4.78 is 38.0. The van der Waals surface area contributed by atoms with Gasteiger partial charge in [-0.3, -0.25) is 4.84 Å². The predicted molar refractivity (Wildman–Crippen MR) is 59.9 cm³/mol. The van der Waals surface area contributed by atoms with E-state index in [-0.39, 0.29) is 10.6 Å². The van der Waals surface area contributed by atoms with Crippen molar-refractivity contribution in [2.24, 2.45) is 0 Å². The van der Waals surface area contributed by atoms with Gasteiger partial charge in [-0.1, -0.05) is 4.47 Å². The molecule has 0 bridgehead atoms. The molecule has 1 aliphatic heterocycles. The number of rotatable bonds is 2. The maximum atomic E-state index is 13.0. The van der Waals surface area contributed by atoms with Crippen LogP contribution in [0.4, 0.5) is 10.1 Å². The van der Waals surface area contributed by atoms with Gasteiger partial charge >= 0.3 is 0 Å². The summed E-state index contributed by atoms with van der Waals surface area (Å²) in [5.74, 6) is -0.636. The lowest BCUT2D eigenvalue weighted by Crippen LogP contribution is -2.35. The number of halogens is 1. The van der Waals surface area contributed by atoms with Crippen molar-refractivity contribution >= 4 is 15.7 Å². The molecule has 0 saturated carbocycles. The van der Waals surface area contributed by atoms with Crippen molar-refractivity contribution in [2.45, 2.75) is 17.7 Å². The van der Waals surface area contributed by atoms with Crippen molar-refractivity contribution in [1.29, 1.82) is 0 Å². The molecular weight excluding hydrogens is 247 g/mol. The first-order chi connectivity index (χ1) is 8.01. The molecule has 1 saturated heterocycles. The quantitative estimate of drug-likeness (QED) is 0.809. The van der Waals surface area contributed by atoms with Crippen molar-refractivity contribution in [3.63, 3.8) is 0 Å². The molecule has 1 aromatic rings. The highest BCUT2D eigenvalue weighted by Gasteiger charge is 2.27. The number of hydrogen-bond acceptors (Lipinski definition) is 4. The SMILES string of the molecule is Nc1cc(S(=O)(=O)N2CCCCO2)ccc1F. The van der Waals surface area contributed by atoms with Gasteiger partial charge in [-0.2, -0.15) is 0 Å². The van der Waals surface area contributed by atoms with Gasteiger partial charge in [0.15, 0.2) is 0 Å². The summed E-state index contributed by atoms with van der Waals surface area (Å²) in [4.78, 5) is 5.02. The minimum Gasteiger partial charge on any atom is -0.396 e. The molecule has 1 fully saturated rings. The summed E-state index contributed by atoms with van der Waals surface area (Å²) >= 11 is 0. The highest BCUT2D eigenvalue weighted by Crippen LogP contribution is 2.22. The van der Waals surface area contributed by atoms with Gasteiger partial charge in [0.2, 0.25) is 0 Å². The summed E-state index contributed by atoms with van der Waals surface area (Å²) in [5, 5.41) is 0. The zero-order chi connectivity index (χ0) is 12.5. The Kier molecular flexibility index (Phi) is 3.32. The van der Waals surface area contributed by atoms with Gasteiger partial charge in [-0.05, 0) is 31.0 Å². The zero-order valence-electron chi connectivity index (χ0n) is 9.10. The monoisotopic (exact) mass is 260 g/mol. The van der Waals surface area contributed by atoms with Gasteiger partial charge in [0.05, 0.1) is 17.2 Å². The number of sulfonamides is 1. The second kappa shape index (κ2) is 4.59. The highest BCUT2D eigenvalue weighted by molar-refractivity contribution is 7.89. The molecule has 0 radical (unpaired) electrons. The van der Waals surface area contributed by atoms with Crippen molar-refractivity contribution < 1.29 is 17.6 Å². The summed E-state index contributed by atoms with van der Waals surface area (Å²) in [7, 11) is -3.74. The van der Waals surface area contributed by atoms with Crippen LogP contribution < -0.4 is 5.73 Å². The fourth-order valence-corrected chi connectivity index (χ4v) is 2.90. The lowest BCUT2D eigenvalue weighted by atomic mass is 10.3. The second-order valence-electron chi connectivity index (χ2n) is 3.76. The van der Waals surface area contributed by atoms with Crippen LogP contribution in [0, 0.1) is 5.82 Å². The third kappa shape index (κ3) is 2.41. The maximum Gasteiger partial charge on any atom is 0.265 e. The minimum atomic E-state index is -3.74. The molecule has 1 heterocycles. The van der Waals surface area contributed by atoms with Crippen molar-refractivity contribution in [3.05, 3.63) is 24.0 Å². The van der Waals surface area contributed by atoms with Crippen LogP contribution in [0.25, 0.3) is 0 Å². The van der Waals surface area contributed by atoms with E-state index < -0.39 is 15.8 Å². The maximum absolute atomic E-state index is 13.0. The van der Waals surface area contributed by atoms with E-state index in [9.17, 15) is 12.8 Å². The van der Waals surface area contributed by atoms with Gasteiger partial charge in [0, 0.05) is 6.54 Å². The third-order valence-corrected chi connectivity index (χ3v) is 4.18. The van der Waals surface area contributed by atoms with Crippen LogP contribution in [0.2, 0.25) is 0 Å². The Morgan fingerprint density at radius 3 is 2.71 bits per heavy atom. The van der Waals surface area contributed by atoms with Crippen LogP contribution in [0.1, 0.15) is 12.8 Å². The standard InChI is InChI=1S/C10H13FN2O3S/c11-9-4-3-8(7-10(9)12)17(14,15)13-5-1-2-6-16-13/h3-4,7H,1-2,5-6,12H2. The molecule has 5 nitrogen and oxygen atoms in total. The average Bonchev–Trinajstić information content (AvgIpc) is 2.33. The Bertz CT molecular complexity index is 512.